The molecule has 0 fully saturated rings. The zero-order chi connectivity index (χ0) is 14.7. The highest BCUT2D eigenvalue weighted by molar-refractivity contribution is 7.12. The Balaban J connectivity index is 1.69. The minimum Gasteiger partial charge on any atom is -0.378 e. The maximum absolute atomic E-state index is 4.42. The Kier molecular flexibility index (Phi) is 3.97. The molecule has 0 bridgehead atoms. The standard InChI is InChI=1S/C17H17N3S/c1-12-8-15(13(2)21-12)9-18-16-10-19-17(20-11-16)14-6-4-3-5-7-14/h3-8,10-11,18H,9H2,1-2H3. The summed E-state index contributed by atoms with van der Waals surface area (Å²) >= 11 is 1.83. The summed E-state index contributed by atoms with van der Waals surface area (Å²) in [6.07, 6.45) is 3.67. The number of hydrogen-bond acceptors (Lipinski definition) is 4. The van der Waals surface area contributed by atoms with Gasteiger partial charge in [-0.1, -0.05) is 30.3 Å². The molecule has 3 nitrogen and oxygen atoms in total. The van der Waals surface area contributed by atoms with Crippen LogP contribution >= 0.6 is 11.3 Å². The SMILES string of the molecule is Cc1cc(CNc2cnc(-c3ccccc3)nc2)c(C)s1. The van der Waals surface area contributed by atoms with Crippen LogP contribution in [0.4, 0.5) is 5.69 Å². The van der Waals surface area contributed by atoms with Gasteiger partial charge in [0.05, 0.1) is 18.1 Å². The fourth-order valence-corrected chi connectivity index (χ4v) is 3.16. The third-order valence-electron chi connectivity index (χ3n) is 3.31. The first-order chi connectivity index (χ1) is 10.2. The molecule has 21 heavy (non-hydrogen) atoms. The predicted molar refractivity (Wildman–Crippen MR) is 88.6 cm³/mol. The number of aryl methyl sites for hydroxylation is 2. The summed E-state index contributed by atoms with van der Waals surface area (Å²) in [6, 6.07) is 12.2. The maximum atomic E-state index is 4.42. The van der Waals surface area contributed by atoms with Crippen molar-refractivity contribution in [3.63, 3.8) is 0 Å². The molecule has 0 saturated carbocycles. The van der Waals surface area contributed by atoms with E-state index in [9.17, 15) is 0 Å². The highest BCUT2D eigenvalue weighted by Gasteiger charge is 2.04. The van der Waals surface area contributed by atoms with Crippen molar-refractivity contribution in [2.24, 2.45) is 0 Å². The first-order valence-corrected chi connectivity index (χ1v) is 7.71. The first kappa shape index (κ1) is 13.8. The number of nitrogens with zero attached hydrogens (tertiary/aromatic N) is 2. The van der Waals surface area contributed by atoms with Crippen LogP contribution in [0.3, 0.4) is 0 Å². The number of benzene rings is 1. The number of aromatic nitrogens is 2. The second-order valence-corrected chi connectivity index (χ2v) is 6.41. The van der Waals surface area contributed by atoms with Gasteiger partial charge in [-0.15, -0.1) is 11.3 Å². The van der Waals surface area contributed by atoms with E-state index in [0.717, 1.165) is 23.6 Å². The molecular weight excluding hydrogens is 278 g/mol. The van der Waals surface area contributed by atoms with E-state index in [1.807, 2.05) is 54.1 Å². The van der Waals surface area contributed by atoms with E-state index in [0.29, 0.717) is 0 Å². The van der Waals surface area contributed by atoms with Crippen molar-refractivity contribution in [3.05, 3.63) is 64.1 Å². The molecule has 0 aliphatic heterocycles. The van der Waals surface area contributed by atoms with Crippen LogP contribution in [-0.4, -0.2) is 9.97 Å². The fourth-order valence-electron chi connectivity index (χ4n) is 2.21. The van der Waals surface area contributed by atoms with E-state index in [1.54, 1.807) is 0 Å². The highest BCUT2D eigenvalue weighted by Crippen LogP contribution is 2.21. The van der Waals surface area contributed by atoms with Crippen LogP contribution in [0.2, 0.25) is 0 Å². The van der Waals surface area contributed by atoms with Gasteiger partial charge >= 0.3 is 0 Å². The van der Waals surface area contributed by atoms with Crippen molar-refractivity contribution in [2.45, 2.75) is 20.4 Å². The Morgan fingerprint density at radius 3 is 2.38 bits per heavy atom. The molecule has 0 spiro atoms. The summed E-state index contributed by atoms with van der Waals surface area (Å²) in [5.74, 6) is 0.753. The van der Waals surface area contributed by atoms with E-state index in [-0.39, 0.29) is 0 Å². The van der Waals surface area contributed by atoms with Gasteiger partial charge < -0.3 is 5.32 Å². The molecular formula is C17H17N3S. The van der Waals surface area contributed by atoms with Crippen LogP contribution in [-0.2, 0) is 6.54 Å². The minimum atomic E-state index is 0.753. The van der Waals surface area contributed by atoms with Gasteiger partial charge in [0.25, 0.3) is 0 Å². The average Bonchev–Trinajstić information content (AvgIpc) is 2.84. The molecule has 0 aliphatic rings. The molecule has 3 aromatic rings. The smallest absolute Gasteiger partial charge is 0.159 e. The van der Waals surface area contributed by atoms with Gasteiger partial charge in [0.15, 0.2) is 5.82 Å². The quantitative estimate of drug-likeness (QED) is 0.773. The normalized spacial score (nSPS) is 10.6. The number of rotatable bonds is 4. The van der Waals surface area contributed by atoms with E-state index in [2.05, 4.69) is 35.2 Å². The number of anilines is 1. The average molecular weight is 295 g/mol. The largest absolute Gasteiger partial charge is 0.378 e. The lowest BCUT2D eigenvalue weighted by molar-refractivity contribution is 1.10. The van der Waals surface area contributed by atoms with Crippen molar-refractivity contribution in [2.75, 3.05) is 5.32 Å². The molecule has 1 N–H and O–H groups in total. The van der Waals surface area contributed by atoms with Crippen molar-refractivity contribution in [1.29, 1.82) is 0 Å². The van der Waals surface area contributed by atoms with Gasteiger partial charge in [-0.05, 0) is 25.5 Å². The van der Waals surface area contributed by atoms with Gasteiger partial charge in [-0.2, -0.15) is 0 Å². The van der Waals surface area contributed by atoms with Crippen molar-refractivity contribution in [1.82, 2.24) is 9.97 Å². The van der Waals surface area contributed by atoms with Crippen LogP contribution in [0.5, 0.6) is 0 Å². The molecule has 0 atom stereocenters. The van der Waals surface area contributed by atoms with Crippen LogP contribution in [0, 0.1) is 13.8 Å². The van der Waals surface area contributed by atoms with Crippen molar-refractivity contribution < 1.29 is 0 Å². The molecule has 0 amide bonds. The number of hydrogen-bond donors (Lipinski definition) is 1. The molecule has 2 aromatic heterocycles. The molecule has 3 rings (SSSR count). The van der Waals surface area contributed by atoms with E-state index < -0.39 is 0 Å². The third-order valence-corrected chi connectivity index (χ3v) is 4.32. The number of thiophene rings is 1. The lowest BCUT2D eigenvalue weighted by Gasteiger charge is -2.06. The molecule has 1 aromatic carbocycles. The van der Waals surface area contributed by atoms with E-state index >= 15 is 0 Å². The Labute approximate surface area is 128 Å². The van der Waals surface area contributed by atoms with Gasteiger partial charge in [-0.25, -0.2) is 9.97 Å². The second kappa shape index (κ2) is 6.06. The number of nitrogens with one attached hydrogen (secondary N) is 1. The molecule has 2 heterocycles. The molecule has 0 saturated heterocycles. The maximum Gasteiger partial charge on any atom is 0.159 e. The topological polar surface area (TPSA) is 37.8 Å². The molecule has 0 unspecified atom stereocenters. The fraction of sp³-hybridized carbons (Fsp3) is 0.176. The minimum absolute atomic E-state index is 0.753. The second-order valence-electron chi connectivity index (χ2n) is 4.95. The van der Waals surface area contributed by atoms with Gasteiger partial charge in [0, 0.05) is 21.9 Å². The summed E-state index contributed by atoms with van der Waals surface area (Å²) < 4.78 is 0. The molecule has 106 valence electrons. The van der Waals surface area contributed by atoms with Gasteiger partial charge in [-0.3, -0.25) is 0 Å². The summed E-state index contributed by atoms with van der Waals surface area (Å²) in [5, 5.41) is 3.38. The van der Waals surface area contributed by atoms with Gasteiger partial charge in [0.1, 0.15) is 0 Å². The van der Waals surface area contributed by atoms with E-state index in [1.165, 1.54) is 15.3 Å². The lowest BCUT2D eigenvalue weighted by Crippen LogP contribution is -2.01. The summed E-state index contributed by atoms with van der Waals surface area (Å²) in [5.41, 5.74) is 3.32. The summed E-state index contributed by atoms with van der Waals surface area (Å²) in [6.45, 7) is 5.10. The molecule has 4 heteroatoms. The lowest BCUT2D eigenvalue weighted by atomic mass is 10.2. The van der Waals surface area contributed by atoms with Crippen LogP contribution in [0.1, 0.15) is 15.3 Å². The van der Waals surface area contributed by atoms with E-state index in [4.69, 9.17) is 0 Å². The van der Waals surface area contributed by atoms with Crippen LogP contribution in [0.15, 0.2) is 48.8 Å². The Hall–Kier alpha value is -2.20. The zero-order valence-electron chi connectivity index (χ0n) is 12.1. The highest BCUT2D eigenvalue weighted by atomic mass is 32.1. The van der Waals surface area contributed by atoms with Gasteiger partial charge in [0.2, 0.25) is 0 Å². The van der Waals surface area contributed by atoms with Crippen molar-refractivity contribution >= 4 is 17.0 Å². The summed E-state index contributed by atoms with van der Waals surface area (Å²) in [7, 11) is 0. The molecule has 0 aliphatic carbocycles. The van der Waals surface area contributed by atoms with Crippen LogP contribution in [0.25, 0.3) is 11.4 Å². The Morgan fingerprint density at radius 2 is 1.76 bits per heavy atom. The van der Waals surface area contributed by atoms with Crippen molar-refractivity contribution in [3.8, 4) is 11.4 Å². The zero-order valence-corrected chi connectivity index (χ0v) is 12.9. The Morgan fingerprint density at radius 1 is 1.05 bits per heavy atom. The third kappa shape index (κ3) is 3.28. The van der Waals surface area contributed by atoms with Crippen LogP contribution < -0.4 is 5.32 Å². The predicted octanol–water partition coefficient (Wildman–Crippen LogP) is 4.43. The monoisotopic (exact) mass is 295 g/mol. The Bertz CT molecular complexity index is 718. The first-order valence-electron chi connectivity index (χ1n) is 6.89. The molecule has 0 radical (unpaired) electrons. The summed E-state index contributed by atoms with van der Waals surface area (Å²) in [4.78, 5) is 11.5.